The number of aromatic nitrogens is 4. The van der Waals surface area contributed by atoms with E-state index in [0.717, 1.165) is 0 Å². The number of carboxylic acids is 1. The predicted octanol–water partition coefficient (Wildman–Crippen LogP) is 1.06. The van der Waals surface area contributed by atoms with Crippen molar-refractivity contribution >= 4 is 5.97 Å². The van der Waals surface area contributed by atoms with Crippen LogP contribution in [0.4, 0.5) is 0 Å². The number of rotatable bonds is 3. The van der Waals surface area contributed by atoms with E-state index in [4.69, 9.17) is 9.52 Å². The van der Waals surface area contributed by atoms with E-state index in [-0.39, 0.29) is 0 Å². The number of hydrogen-bond acceptors (Lipinski definition) is 5. The first-order valence-corrected chi connectivity index (χ1v) is 5.02. The van der Waals surface area contributed by atoms with Crippen molar-refractivity contribution in [3.8, 4) is 11.6 Å². The van der Waals surface area contributed by atoms with E-state index in [1.165, 1.54) is 18.5 Å². The fourth-order valence-electron chi connectivity index (χ4n) is 1.36. The maximum absolute atomic E-state index is 11.2. The number of carboxylic acid groups (broad SMARTS) is 1. The second-order valence-electron chi connectivity index (χ2n) is 4.19. The molecular weight excluding hydrogens is 224 g/mol. The van der Waals surface area contributed by atoms with Gasteiger partial charge in [0.1, 0.15) is 5.76 Å². The molecule has 0 radical (unpaired) electrons. The summed E-state index contributed by atoms with van der Waals surface area (Å²) in [4.78, 5) is 11.2. The Labute approximate surface area is 97.0 Å². The van der Waals surface area contributed by atoms with Crippen molar-refractivity contribution in [1.82, 2.24) is 20.2 Å². The minimum Gasteiger partial charge on any atom is -0.479 e. The van der Waals surface area contributed by atoms with Crippen LogP contribution in [-0.2, 0) is 10.3 Å². The quantitative estimate of drug-likeness (QED) is 0.856. The number of aliphatic carboxylic acids is 1. The smallest absolute Gasteiger partial charge is 0.331 e. The zero-order chi connectivity index (χ0) is 12.6. The highest BCUT2D eigenvalue weighted by Gasteiger charge is 2.34. The van der Waals surface area contributed by atoms with Crippen molar-refractivity contribution in [2.45, 2.75) is 26.3 Å². The molecule has 0 fully saturated rings. The molecule has 0 spiro atoms. The van der Waals surface area contributed by atoms with Crippen molar-refractivity contribution in [2.75, 3.05) is 0 Å². The molecular formula is C10H12N4O3. The van der Waals surface area contributed by atoms with Crippen LogP contribution in [0.15, 0.2) is 16.5 Å². The summed E-state index contributed by atoms with van der Waals surface area (Å²) in [6.45, 7) is 4.83. The highest BCUT2D eigenvalue weighted by molar-refractivity contribution is 5.76. The van der Waals surface area contributed by atoms with Gasteiger partial charge in [-0.15, -0.1) is 5.10 Å². The van der Waals surface area contributed by atoms with Gasteiger partial charge >= 0.3 is 5.97 Å². The fraction of sp³-hybridized carbons (Fsp3) is 0.400. The minimum absolute atomic E-state index is 0.297. The van der Waals surface area contributed by atoms with Gasteiger partial charge in [0.05, 0.1) is 0 Å². The summed E-state index contributed by atoms with van der Waals surface area (Å²) in [7, 11) is 0. The van der Waals surface area contributed by atoms with E-state index < -0.39 is 11.5 Å². The molecule has 0 bridgehead atoms. The molecule has 0 aliphatic carbocycles. The maximum Gasteiger partial charge on any atom is 0.331 e. The molecule has 0 atom stereocenters. The normalized spacial score (nSPS) is 11.7. The molecule has 0 amide bonds. The highest BCUT2D eigenvalue weighted by Crippen LogP contribution is 2.24. The Balaban J connectivity index is 2.52. The Morgan fingerprint density at radius 2 is 2.18 bits per heavy atom. The zero-order valence-corrected chi connectivity index (χ0v) is 9.71. The number of furan rings is 1. The SMILES string of the molecule is Cc1ccc(-c2nnnn2C(C)(C)C(=O)O)o1. The molecule has 7 nitrogen and oxygen atoms in total. The Kier molecular flexibility index (Phi) is 2.45. The third kappa shape index (κ3) is 1.79. The van der Waals surface area contributed by atoms with Crippen molar-refractivity contribution in [1.29, 1.82) is 0 Å². The predicted molar refractivity (Wildman–Crippen MR) is 57.2 cm³/mol. The average molecular weight is 236 g/mol. The summed E-state index contributed by atoms with van der Waals surface area (Å²) in [6, 6.07) is 3.47. The summed E-state index contributed by atoms with van der Waals surface area (Å²) in [6.07, 6.45) is 0. The number of hydrogen-bond donors (Lipinski definition) is 1. The number of nitrogens with zero attached hydrogens (tertiary/aromatic N) is 4. The Bertz CT molecular complexity index is 555. The van der Waals surface area contributed by atoms with E-state index in [0.29, 0.717) is 17.3 Å². The molecule has 0 aliphatic heterocycles. The molecule has 1 N–H and O–H groups in total. The van der Waals surface area contributed by atoms with E-state index in [1.54, 1.807) is 19.1 Å². The monoisotopic (exact) mass is 236 g/mol. The summed E-state index contributed by atoms with van der Waals surface area (Å²) >= 11 is 0. The van der Waals surface area contributed by atoms with Crippen molar-refractivity contribution in [2.24, 2.45) is 0 Å². The van der Waals surface area contributed by atoms with Crippen molar-refractivity contribution in [3.63, 3.8) is 0 Å². The molecule has 7 heteroatoms. The van der Waals surface area contributed by atoms with Crippen molar-refractivity contribution in [3.05, 3.63) is 17.9 Å². The molecule has 0 saturated heterocycles. The van der Waals surface area contributed by atoms with Crippen LogP contribution in [0.1, 0.15) is 19.6 Å². The molecule has 17 heavy (non-hydrogen) atoms. The molecule has 0 aromatic carbocycles. The molecule has 2 aromatic heterocycles. The van der Waals surface area contributed by atoms with Gasteiger partial charge in [-0.25, -0.2) is 9.48 Å². The molecule has 2 heterocycles. The minimum atomic E-state index is -1.24. The first-order chi connectivity index (χ1) is 7.93. The van der Waals surface area contributed by atoms with Crippen molar-refractivity contribution < 1.29 is 14.3 Å². The lowest BCUT2D eigenvalue weighted by Gasteiger charge is -2.19. The second-order valence-corrected chi connectivity index (χ2v) is 4.19. The molecule has 90 valence electrons. The maximum atomic E-state index is 11.2. The van der Waals surface area contributed by atoms with Gasteiger partial charge in [0.2, 0.25) is 5.82 Å². The lowest BCUT2D eigenvalue weighted by molar-refractivity contribution is -0.146. The summed E-state index contributed by atoms with van der Waals surface area (Å²) in [5, 5.41) is 20.1. The second kappa shape index (κ2) is 3.69. The van der Waals surface area contributed by atoms with Crippen LogP contribution in [-0.4, -0.2) is 31.3 Å². The van der Waals surface area contributed by atoms with Gasteiger partial charge in [0.25, 0.3) is 0 Å². The Hall–Kier alpha value is -2.18. The first-order valence-electron chi connectivity index (χ1n) is 5.02. The van der Waals surface area contributed by atoms with Crippen LogP contribution < -0.4 is 0 Å². The molecule has 2 aromatic rings. The van der Waals surface area contributed by atoms with Crippen LogP contribution >= 0.6 is 0 Å². The van der Waals surface area contributed by atoms with Crippen LogP contribution in [0.25, 0.3) is 11.6 Å². The van der Waals surface area contributed by atoms with Crippen LogP contribution in [0.2, 0.25) is 0 Å². The fourth-order valence-corrected chi connectivity index (χ4v) is 1.36. The summed E-state index contributed by atoms with van der Waals surface area (Å²) in [5.41, 5.74) is -1.24. The van der Waals surface area contributed by atoms with Gasteiger partial charge in [-0.1, -0.05) is 0 Å². The van der Waals surface area contributed by atoms with E-state index in [2.05, 4.69) is 15.5 Å². The Morgan fingerprint density at radius 3 is 2.71 bits per heavy atom. The van der Waals surface area contributed by atoms with Gasteiger partial charge in [0, 0.05) is 0 Å². The van der Waals surface area contributed by atoms with E-state index >= 15 is 0 Å². The zero-order valence-electron chi connectivity index (χ0n) is 9.71. The first kappa shape index (κ1) is 11.3. The topological polar surface area (TPSA) is 94.0 Å². The third-order valence-electron chi connectivity index (χ3n) is 2.48. The summed E-state index contributed by atoms with van der Waals surface area (Å²) in [5.74, 6) is 0.435. The number of aryl methyl sites for hydroxylation is 1. The van der Waals surface area contributed by atoms with Crippen LogP contribution in [0.5, 0.6) is 0 Å². The molecule has 0 unspecified atom stereocenters. The van der Waals surface area contributed by atoms with Gasteiger partial charge in [-0.05, 0) is 43.3 Å². The molecule has 0 saturated carbocycles. The number of carbonyl (C=O) groups is 1. The van der Waals surface area contributed by atoms with Gasteiger partial charge in [-0.2, -0.15) is 0 Å². The van der Waals surface area contributed by atoms with Crippen LogP contribution in [0, 0.1) is 6.92 Å². The van der Waals surface area contributed by atoms with E-state index in [9.17, 15) is 4.79 Å². The lowest BCUT2D eigenvalue weighted by Crippen LogP contribution is -2.37. The van der Waals surface area contributed by atoms with Gasteiger partial charge in [0.15, 0.2) is 11.3 Å². The molecule has 0 aliphatic rings. The Morgan fingerprint density at radius 1 is 1.47 bits per heavy atom. The lowest BCUT2D eigenvalue weighted by atomic mass is 10.1. The third-order valence-corrected chi connectivity index (χ3v) is 2.48. The number of tetrazole rings is 1. The van der Waals surface area contributed by atoms with Gasteiger partial charge in [-0.3, -0.25) is 0 Å². The van der Waals surface area contributed by atoms with Gasteiger partial charge < -0.3 is 9.52 Å². The standard InChI is InChI=1S/C10H12N4O3/c1-6-4-5-7(17-6)8-11-12-13-14(8)10(2,3)9(15)16/h4-5H,1-3H3,(H,15,16). The average Bonchev–Trinajstić information content (AvgIpc) is 2.84. The molecule has 2 rings (SSSR count). The summed E-state index contributed by atoms with van der Waals surface area (Å²) < 4.78 is 6.62. The highest BCUT2D eigenvalue weighted by atomic mass is 16.4. The van der Waals surface area contributed by atoms with Crippen LogP contribution in [0.3, 0.4) is 0 Å². The van der Waals surface area contributed by atoms with E-state index in [1.807, 2.05) is 0 Å². The largest absolute Gasteiger partial charge is 0.479 e.